The third-order valence-electron chi connectivity index (χ3n) is 2.45. The Hall–Kier alpha value is -0.680. The van der Waals surface area contributed by atoms with Crippen LogP contribution in [0.1, 0.15) is 19.8 Å². The van der Waals surface area contributed by atoms with Crippen molar-refractivity contribution in [3.05, 3.63) is 6.33 Å². The fraction of sp³-hybridized carbons (Fsp3) is 0.750. The molecule has 2 atom stereocenters. The van der Waals surface area contributed by atoms with Crippen LogP contribution in [-0.2, 0) is 0 Å². The number of piperidine rings is 1. The van der Waals surface area contributed by atoms with Crippen molar-refractivity contribution < 1.29 is 5.11 Å². The summed E-state index contributed by atoms with van der Waals surface area (Å²) in [4.78, 5) is 6.28. The van der Waals surface area contributed by atoms with Crippen LogP contribution in [0.2, 0.25) is 0 Å². The molecular weight excluding hydrogens is 186 g/mol. The summed E-state index contributed by atoms with van der Waals surface area (Å²) in [5.74, 6) is 0. The molecule has 0 saturated carbocycles. The van der Waals surface area contributed by atoms with Crippen LogP contribution < -0.4 is 4.90 Å². The molecule has 1 aliphatic heterocycles. The van der Waals surface area contributed by atoms with E-state index in [2.05, 4.69) is 21.2 Å². The number of rotatable bonds is 1. The third kappa shape index (κ3) is 1.81. The molecule has 1 aliphatic rings. The Morgan fingerprint density at radius 2 is 2.46 bits per heavy atom. The van der Waals surface area contributed by atoms with Gasteiger partial charge >= 0.3 is 0 Å². The van der Waals surface area contributed by atoms with E-state index in [1.54, 1.807) is 6.33 Å². The van der Waals surface area contributed by atoms with E-state index < -0.39 is 0 Å². The van der Waals surface area contributed by atoms with Crippen molar-refractivity contribution in [1.82, 2.24) is 9.36 Å². The molecule has 0 spiro atoms. The average Bonchev–Trinajstić information content (AvgIpc) is 2.61. The van der Waals surface area contributed by atoms with Crippen LogP contribution in [0.3, 0.4) is 0 Å². The van der Waals surface area contributed by atoms with Crippen LogP contribution in [0.5, 0.6) is 0 Å². The minimum absolute atomic E-state index is 0.208. The predicted octanol–water partition coefficient (Wildman–Crippen LogP) is 0.888. The molecule has 0 bridgehead atoms. The number of β-amino-alcohol motifs (C(OH)–C–C–N with tert-alkyl or cyclic N) is 1. The molecule has 0 aliphatic carbocycles. The number of aliphatic hydroxyl groups is 1. The lowest BCUT2D eigenvalue weighted by molar-refractivity contribution is 0.144. The summed E-state index contributed by atoms with van der Waals surface area (Å²) in [5.41, 5.74) is 0. The molecule has 0 unspecified atom stereocenters. The standard InChI is InChI=1S/C8H13N3OS/c1-6-2-3-7(12)4-11(6)8-9-5-10-13-8/h5-7,12H,2-4H2,1H3/t6-,7-/m1/s1. The number of hydrogen-bond acceptors (Lipinski definition) is 5. The maximum atomic E-state index is 9.51. The Bertz CT molecular complexity index is 264. The number of aliphatic hydroxyl groups excluding tert-OH is 1. The molecule has 0 radical (unpaired) electrons. The van der Waals surface area contributed by atoms with E-state index in [0.717, 1.165) is 18.0 Å². The zero-order chi connectivity index (χ0) is 9.26. The number of hydrogen-bond donors (Lipinski definition) is 1. The first kappa shape index (κ1) is 8.90. The van der Waals surface area contributed by atoms with E-state index in [9.17, 15) is 5.11 Å². The van der Waals surface area contributed by atoms with Crippen LogP contribution in [0, 0.1) is 0 Å². The number of aromatic nitrogens is 2. The van der Waals surface area contributed by atoms with Gasteiger partial charge in [-0.15, -0.1) is 0 Å². The Balaban J connectivity index is 2.12. The van der Waals surface area contributed by atoms with Gasteiger partial charge in [0, 0.05) is 24.1 Å². The molecular formula is C8H13N3OS. The maximum Gasteiger partial charge on any atom is 0.205 e. The molecule has 1 aromatic rings. The Morgan fingerprint density at radius 1 is 1.62 bits per heavy atom. The minimum Gasteiger partial charge on any atom is -0.391 e. The van der Waals surface area contributed by atoms with Gasteiger partial charge in [0.2, 0.25) is 5.13 Å². The summed E-state index contributed by atoms with van der Waals surface area (Å²) in [6.07, 6.45) is 3.28. The van der Waals surface area contributed by atoms with Crippen molar-refractivity contribution in [3.63, 3.8) is 0 Å². The Kier molecular flexibility index (Phi) is 2.46. The lowest BCUT2D eigenvalue weighted by Gasteiger charge is -2.35. The third-order valence-corrected chi connectivity index (χ3v) is 3.16. The second-order valence-corrected chi connectivity index (χ2v) is 4.21. The summed E-state index contributed by atoms with van der Waals surface area (Å²) < 4.78 is 3.96. The van der Waals surface area contributed by atoms with Crippen LogP contribution in [0.15, 0.2) is 6.33 Å². The van der Waals surface area contributed by atoms with E-state index in [1.807, 2.05) is 0 Å². The van der Waals surface area contributed by atoms with Gasteiger partial charge in [0.15, 0.2) is 0 Å². The molecule has 1 N–H and O–H groups in total. The van der Waals surface area contributed by atoms with Crippen LogP contribution in [0.4, 0.5) is 5.13 Å². The smallest absolute Gasteiger partial charge is 0.205 e. The summed E-state index contributed by atoms with van der Waals surface area (Å²) in [6, 6.07) is 0.469. The number of nitrogens with zero attached hydrogens (tertiary/aromatic N) is 3. The molecule has 4 nitrogen and oxygen atoms in total. The molecule has 1 saturated heterocycles. The van der Waals surface area contributed by atoms with E-state index >= 15 is 0 Å². The van der Waals surface area contributed by atoms with Gasteiger partial charge in [0.05, 0.1) is 6.10 Å². The molecule has 0 aromatic carbocycles. The van der Waals surface area contributed by atoms with Gasteiger partial charge in [-0.25, -0.2) is 4.98 Å². The lowest BCUT2D eigenvalue weighted by Crippen LogP contribution is -2.44. The van der Waals surface area contributed by atoms with Crippen molar-refractivity contribution in [2.24, 2.45) is 0 Å². The topological polar surface area (TPSA) is 49.2 Å². The summed E-state index contributed by atoms with van der Waals surface area (Å²) in [6.45, 7) is 2.85. The second-order valence-electron chi connectivity index (χ2n) is 3.46. The molecule has 13 heavy (non-hydrogen) atoms. The quantitative estimate of drug-likeness (QED) is 0.729. The normalized spacial score (nSPS) is 29.2. The van der Waals surface area contributed by atoms with E-state index in [0.29, 0.717) is 12.6 Å². The van der Waals surface area contributed by atoms with Crippen LogP contribution in [-0.4, -0.2) is 33.2 Å². The molecule has 1 aromatic heterocycles. The second kappa shape index (κ2) is 3.59. The highest BCUT2D eigenvalue weighted by molar-refractivity contribution is 7.09. The highest BCUT2D eigenvalue weighted by atomic mass is 32.1. The summed E-state index contributed by atoms with van der Waals surface area (Å²) in [5, 5.41) is 10.4. The monoisotopic (exact) mass is 199 g/mol. The fourth-order valence-electron chi connectivity index (χ4n) is 1.65. The molecule has 2 rings (SSSR count). The van der Waals surface area contributed by atoms with Crippen molar-refractivity contribution in [2.45, 2.75) is 31.9 Å². The largest absolute Gasteiger partial charge is 0.391 e. The Labute approximate surface area is 81.4 Å². The Morgan fingerprint density at radius 3 is 3.15 bits per heavy atom. The average molecular weight is 199 g/mol. The van der Waals surface area contributed by atoms with E-state index in [-0.39, 0.29) is 6.10 Å². The predicted molar refractivity (Wildman–Crippen MR) is 52.0 cm³/mol. The van der Waals surface area contributed by atoms with Crippen LogP contribution in [0.25, 0.3) is 0 Å². The molecule has 1 fully saturated rings. The molecule has 2 heterocycles. The molecule has 72 valence electrons. The van der Waals surface area contributed by atoms with Gasteiger partial charge in [0.1, 0.15) is 6.33 Å². The zero-order valence-electron chi connectivity index (χ0n) is 7.55. The van der Waals surface area contributed by atoms with Crippen LogP contribution >= 0.6 is 11.5 Å². The van der Waals surface area contributed by atoms with Crippen molar-refractivity contribution in [1.29, 1.82) is 0 Å². The highest BCUT2D eigenvalue weighted by Gasteiger charge is 2.25. The zero-order valence-corrected chi connectivity index (χ0v) is 8.37. The van der Waals surface area contributed by atoms with Gasteiger partial charge in [0.25, 0.3) is 0 Å². The molecule has 5 heteroatoms. The van der Waals surface area contributed by atoms with Crippen molar-refractivity contribution in [2.75, 3.05) is 11.4 Å². The first-order valence-corrected chi connectivity index (χ1v) is 5.26. The van der Waals surface area contributed by atoms with Gasteiger partial charge in [-0.05, 0) is 19.8 Å². The molecule has 0 amide bonds. The van der Waals surface area contributed by atoms with Crippen molar-refractivity contribution in [3.8, 4) is 0 Å². The van der Waals surface area contributed by atoms with E-state index in [1.165, 1.54) is 11.5 Å². The van der Waals surface area contributed by atoms with Gasteiger partial charge in [-0.1, -0.05) is 0 Å². The van der Waals surface area contributed by atoms with Crippen molar-refractivity contribution >= 4 is 16.7 Å². The van der Waals surface area contributed by atoms with E-state index in [4.69, 9.17) is 0 Å². The first-order chi connectivity index (χ1) is 6.27. The minimum atomic E-state index is -0.208. The first-order valence-electron chi connectivity index (χ1n) is 4.49. The fourth-order valence-corrected chi connectivity index (χ4v) is 2.29. The summed E-state index contributed by atoms with van der Waals surface area (Å²) in [7, 11) is 0. The van der Waals surface area contributed by atoms with Gasteiger partial charge in [-0.2, -0.15) is 4.37 Å². The lowest BCUT2D eigenvalue weighted by atomic mass is 10.0. The van der Waals surface area contributed by atoms with Gasteiger partial charge < -0.3 is 10.0 Å². The highest BCUT2D eigenvalue weighted by Crippen LogP contribution is 2.24. The van der Waals surface area contributed by atoms with Gasteiger partial charge in [-0.3, -0.25) is 0 Å². The number of anilines is 1. The maximum absolute atomic E-state index is 9.51. The summed E-state index contributed by atoms with van der Waals surface area (Å²) >= 11 is 1.39. The SMILES string of the molecule is C[C@@H]1CC[C@@H](O)CN1c1ncns1.